The molecule has 19 heavy (non-hydrogen) atoms. The number of β-amino-alcohol motifs (C(OH)–C–C–N with tert-alkyl or cyclic N) is 2. The van der Waals surface area contributed by atoms with Gasteiger partial charge in [0.25, 0.3) is 5.56 Å². The van der Waals surface area contributed by atoms with Crippen LogP contribution in [0.3, 0.4) is 0 Å². The van der Waals surface area contributed by atoms with Crippen molar-refractivity contribution >= 4 is 5.65 Å². The fraction of sp³-hybridized carbons (Fsp3) is 0.385. The van der Waals surface area contributed by atoms with E-state index in [0.29, 0.717) is 31.0 Å². The van der Waals surface area contributed by atoms with Crippen molar-refractivity contribution in [2.75, 3.05) is 13.1 Å². The van der Waals surface area contributed by atoms with Crippen molar-refractivity contribution in [1.82, 2.24) is 14.3 Å². The number of aliphatic hydroxyl groups excluding tert-OH is 2. The summed E-state index contributed by atoms with van der Waals surface area (Å²) in [6.07, 6.45) is 0.237. The van der Waals surface area contributed by atoms with Crippen molar-refractivity contribution < 1.29 is 10.2 Å². The van der Waals surface area contributed by atoms with E-state index < -0.39 is 12.2 Å². The molecule has 3 heterocycles. The van der Waals surface area contributed by atoms with Gasteiger partial charge in [-0.25, -0.2) is 4.98 Å². The second-order valence-corrected chi connectivity index (χ2v) is 4.84. The second kappa shape index (κ2) is 4.73. The molecule has 2 aromatic heterocycles. The molecule has 0 aromatic carbocycles. The Kier molecular flexibility index (Phi) is 3.06. The van der Waals surface area contributed by atoms with Crippen molar-refractivity contribution in [1.29, 1.82) is 0 Å². The number of aliphatic hydroxyl groups is 2. The number of nitrogens with zero attached hydrogens (tertiary/aromatic N) is 3. The summed E-state index contributed by atoms with van der Waals surface area (Å²) in [5.41, 5.74) is 1.13. The first-order valence-corrected chi connectivity index (χ1v) is 6.19. The molecule has 1 aliphatic rings. The highest BCUT2D eigenvalue weighted by Gasteiger charge is 2.29. The molecular weight excluding hydrogens is 246 g/mol. The lowest BCUT2D eigenvalue weighted by Gasteiger charge is -2.14. The van der Waals surface area contributed by atoms with Gasteiger partial charge in [0.05, 0.1) is 17.9 Å². The van der Waals surface area contributed by atoms with Gasteiger partial charge < -0.3 is 10.2 Å². The Morgan fingerprint density at radius 2 is 2.00 bits per heavy atom. The van der Waals surface area contributed by atoms with Gasteiger partial charge in [-0.05, 0) is 12.1 Å². The molecule has 1 saturated heterocycles. The molecule has 0 amide bonds. The minimum atomic E-state index is -0.721. The Balaban J connectivity index is 1.88. The number of fused-ring (bicyclic) bond motifs is 1. The van der Waals surface area contributed by atoms with Gasteiger partial charge in [0.15, 0.2) is 0 Å². The Labute approximate surface area is 109 Å². The maximum absolute atomic E-state index is 11.9. The normalized spacial score (nSPS) is 24.1. The van der Waals surface area contributed by atoms with E-state index >= 15 is 0 Å². The Hall–Kier alpha value is -1.76. The fourth-order valence-electron chi connectivity index (χ4n) is 2.39. The molecule has 0 unspecified atom stereocenters. The Morgan fingerprint density at radius 3 is 2.74 bits per heavy atom. The lowest BCUT2D eigenvalue weighted by atomic mass is 10.3. The van der Waals surface area contributed by atoms with Crippen molar-refractivity contribution in [2.45, 2.75) is 18.8 Å². The molecule has 0 aliphatic carbocycles. The van der Waals surface area contributed by atoms with Crippen molar-refractivity contribution in [3.63, 3.8) is 0 Å². The number of pyridine rings is 1. The third-order valence-electron chi connectivity index (χ3n) is 3.34. The van der Waals surface area contributed by atoms with Crippen LogP contribution in [0, 0.1) is 0 Å². The average Bonchev–Trinajstić information content (AvgIpc) is 2.68. The van der Waals surface area contributed by atoms with E-state index in [4.69, 9.17) is 0 Å². The van der Waals surface area contributed by atoms with Crippen LogP contribution >= 0.6 is 0 Å². The molecule has 2 N–H and O–H groups in total. The molecule has 6 nitrogen and oxygen atoms in total. The highest BCUT2D eigenvalue weighted by molar-refractivity contribution is 5.37. The number of rotatable bonds is 2. The van der Waals surface area contributed by atoms with Crippen LogP contribution in [0.2, 0.25) is 0 Å². The molecule has 2 aromatic rings. The van der Waals surface area contributed by atoms with Crippen LogP contribution < -0.4 is 5.56 Å². The fourth-order valence-corrected chi connectivity index (χ4v) is 2.39. The molecular formula is C13H15N3O3. The van der Waals surface area contributed by atoms with Gasteiger partial charge in [-0.1, -0.05) is 6.07 Å². The number of hydrogen-bond donors (Lipinski definition) is 2. The second-order valence-electron chi connectivity index (χ2n) is 4.84. The van der Waals surface area contributed by atoms with Crippen LogP contribution in [-0.2, 0) is 6.54 Å². The summed E-state index contributed by atoms with van der Waals surface area (Å²) in [6.45, 7) is 1.25. The number of hydrogen-bond acceptors (Lipinski definition) is 5. The first-order chi connectivity index (χ1) is 9.13. The van der Waals surface area contributed by atoms with Gasteiger partial charge in [0.2, 0.25) is 0 Å². The minimum absolute atomic E-state index is 0.124. The van der Waals surface area contributed by atoms with Crippen LogP contribution in [0.15, 0.2) is 35.3 Å². The summed E-state index contributed by atoms with van der Waals surface area (Å²) in [6, 6.07) is 6.88. The molecule has 0 radical (unpaired) electrons. The van der Waals surface area contributed by atoms with Gasteiger partial charge in [-0.3, -0.25) is 14.1 Å². The molecule has 0 spiro atoms. The van der Waals surface area contributed by atoms with Crippen LogP contribution in [-0.4, -0.2) is 49.8 Å². The van der Waals surface area contributed by atoms with E-state index in [1.807, 2.05) is 11.0 Å². The maximum Gasteiger partial charge on any atom is 0.258 e. The molecule has 0 bridgehead atoms. The predicted octanol–water partition coefficient (Wildman–Crippen LogP) is -0.768. The van der Waals surface area contributed by atoms with Gasteiger partial charge in [0.1, 0.15) is 5.65 Å². The van der Waals surface area contributed by atoms with Crippen molar-refractivity contribution in [3.05, 3.63) is 46.5 Å². The third kappa shape index (κ3) is 2.37. The van der Waals surface area contributed by atoms with E-state index in [9.17, 15) is 15.0 Å². The summed E-state index contributed by atoms with van der Waals surface area (Å²) in [4.78, 5) is 18.2. The van der Waals surface area contributed by atoms with Gasteiger partial charge in [-0.2, -0.15) is 0 Å². The highest BCUT2D eigenvalue weighted by Crippen LogP contribution is 2.12. The maximum atomic E-state index is 11.9. The van der Waals surface area contributed by atoms with E-state index in [0.717, 1.165) is 0 Å². The van der Waals surface area contributed by atoms with E-state index in [1.165, 1.54) is 10.5 Å². The Bertz CT molecular complexity index is 645. The SMILES string of the molecule is O=c1cc(CN2C[C@@H](O)[C@H](O)C2)nc2ccccn12. The molecule has 2 atom stereocenters. The summed E-state index contributed by atoms with van der Waals surface area (Å²) >= 11 is 0. The standard InChI is InChI=1S/C13H15N3O3/c17-10-7-15(8-11(10)18)6-9-5-13(19)16-4-2-1-3-12(16)14-9/h1-5,10-11,17-18H,6-8H2/t10-,11-/m1/s1. The molecule has 6 heteroatoms. The monoisotopic (exact) mass is 261 g/mol. The molecule has 1 aliphatic heterocycles. The highest BCUT2D eigenvalue weighted by atomic mass is 16.3. The zero-order valence-electron chi connectivity index (χ0n) is 10.3. The first-order valence-electron chi connectivity index (χ1n) is 6.19. The van der Waals surface area contributed by atoms with E-state index in [-0.39, 0.29) is 5.56 Å². The van der Waals surface area contributed by atoms with Crippen LogP contribution in [0.25, 0.3) is 5.65 Å². The van der Waals surface area contributed by atoms with Crippen LogP contribution in [0.1, 0.15) is 5.69 Å². The molecule has 1 fully saturated rings. The number of aromatic nitrogens is 2. The van der Waals surface area contributed by atoms with Crippen LogP contribution in [0.5, 0.6) is 0 Å². The molecule has 0 saturated carbocycles. The van der Waals surface area contributed by atoms with Gasteiger partial charge in [0, 0.05) is 31.9 Å². The summed E-state index contributed by atoms with van der Waals surface area (Å²) in [7, 11) is 0. The van der Waals surface area contributed by atoms with Gasteiger partial charge in [-0.15, -0.1) is 0 Å². The summed E-state index contributed by atoms with van der Waals surface area (Å²) in [5.74, 6) is 0. The average molecular weight is 261 g/mol. The quantitative estimate of drug-likeness (QED) is 0.742. The summed E-state index contributed by atoms with van der Waals surface area (Å²) < 4.78 is 1.48. The predicted molar refractivity (Wildman–Crippen MR) is 68.8 cm³/mol. The minimum Gasteiger partial charge on any atom is -0.389 e. The zero-order valence-corrected chi connectivity index (χ0v) is 10.3. The topological polar surface area (TPSA) is 78.1 Å². The first kappa shape index (κ1) is 12.3. The lowest BCUT2D eigenvalue weighted by Crippen LogP contribution is -2.24. The molecule has 100 valence electrons. The molecule has 3 rings (SSSR count). The van der Waals surface area contributed by atoms with Crippen LogP contribution in [0.4, 0.5) is 0 Å². The van der Waals surface area contributed by atoms with Crippen molar-refractivity contribution in [3.8, 4) is 0 Å². The lowest BCUT2D eigenvalue weighted by molar-refractivity contribution is 0.0572. The summed E-state index contributed by atoms with van der Waals surface area (Å²) in [5, 5.41) is 19.0. The third-order valence-corrected chi connectivity index (χ3v) is 3.34. The van der Waals surface area contributed by atoms with E-state index in [1.54, 1.807) is 18.3 Å². The largest absolute Gasteiger partial charge is 0.389 e. The van der Waals surface area contributed by atoms with Crippen molar-refractivity contribution in [2.24, 2.45) is 0 Å². The zero-order chi connectivity index (χ0) is 13.4. The van der Waals surface area contributed by atoms with E-state index in [2.05, 4.69) is 4.98 Å². The van der Waals surface area contributed by atoms with Gasteiger partial charge >= 0.3 is 0 Å². The smallest absolute Gasteiger partial charge is 0.258 e. The number of likely N-dealkylation sites (tertiary alicyclic amines) is 1. The Morgan fingerprint density at radius 1 is 1.26 bits per heavy atom.